The number of thiophene rings is 1. The molecule has 2 rings (SSSR count). The molecule has 0 saturated heterocycles. The molecule has 2 heterocycles. The van der Waals surface area contributed by atoms with Gasteiger partial charge in [0.2, 0.25) is 0 Å². The summed E-state index contributed by atoms with van der Waals surface area (Å²) < 4.78 is 5.44. The predicted molar refractivity (Wildman–Crippen MR) is 43.0 cm³/mol. The van der Waals surface area contributed by atoms with E-state index in [9.17, 15) is 0 Å². The van der Waals surface area contributed by atoms with Gasteiger partial charge < -0.3 is 10.1 Å². The molecular formula is C7H9NOS. The second-order valence-electron chi connectivity index (χ2n) is 2.35. The summed E-state index contributed by atoms with van der Waals surface area (Å²) in [5.41, 5.74) is 1.24. The van der Waals surface area contributed by atoms with Crippen molar-refractivity contribution in [2.45, 2.75) is 6.92 Å². The van der Waals surface area contributed by atoms with Crippen molar-refractivity contribution in [2.24, 2.45) is 0 Å². The fraction of sp³-hybridized carbons (Fsp3) is 0.429. The van der Waals surface area contributed by atoms with E-state index >= 15 is 0 Å². The zero-order valence-corrected chi connectivity index (χ0v) is 6.62. The maximum absolute atomic E-state index is 5.44. The average Bonchev–Trinajstić information content (AvgIpc) is 2.34. The van der Waals surface area contributed by atoms with Crippen molar-refractivity contribution in [3.8, 4) is 5.75 Å². The van der Waals surface area contributed by atoms with Crippen LogP contribution >= 0.6 is 11.3 Å². The molecule has 0 spiro atoms. The summed E-state index contributed by atoms with van der Waals surface area (Å²) in [6, 6.07) is 0. The quantitative estimate of drug-likeness (QED) is 0.617. The van der Waals surface area contributed by atoms with Gasteiger partial charge in [-0.15, -0.1) is 11.3 Å². The second kappa shape index (κ2) is 2.16. The fourth-order valence-electron chi connectivity index (χ4n) is 1.05. The molecular weight excluding hydrogens is 146 g/mol. The number of rotatable bonds is 0. The van der Waals surface area contributed by atoms with Gasteiger partial charge in [0.05, 0.1) is 0 Å². The Morgan fingerprint density at radius 3 is 3.40 bits per heavy atom. The summed E-state index contributed by atoms with van der Waals surface area (Å²) in [7, 11) is 0. The van der Waals surface area contributed by atoms with Gasteiger partial charge in [-0.3, -0.25) is 0 Å². The van der Waals surface area contributed by atoms with Crippen LogP contribution in [-0.2, 0) is 0 Å². The van der Waals surface area contributed by atoms with Gasteiger partial charge >= 0.3 is 0 Å². The van der Waals surface area contributed by atoms with Crippen LogP contribution in [0.4, 0.5) is 5.00 Å². The van der Waals surface area contributed by atoms with Crippen LogP contribution in [0.25, 0.3) is 0 Å². The predicted octanol–water partition coefficient (Wildman–Crippen LogP) is 1.86. The lowest BCUT2D eigenvalue weighted by Gasteiger charge is -2.15. The van der Waals surface area contributed by atoms with E-state index in [0.717, 1.165) is 18.9 Å². The molecule has 1 aliphatic rings. The molecule has 1 aromatic rings. The highest BCUT2D eigenvalue weighted by Crippen LogP contribution is 2.36. The number of ether oxygens (including phenoxy) is 1. The first-order valence-corrected chi connectivity index (χ1v) is 4.20. The Morgan fingerprint density at radius 2 is 2.60 bits per heavy atom. The molecule has 54 valence electrons. The van der Waals surface area contributed by atoms with Gasteiger partial charge in [0.1, 0.15) is 11.6 Å². The van der Waals surface area contributed by atoms with Gasteiger partial charge in [-0.05, 0) is 12.3 Å². The van der Waals surface area contributed by atoms with Gasteiger partial charge in [0.15, 0.2) is 5.75 Å². The molecule has 2 nitrogen and oxygen atoms in total. The molecule has 0 aliphatic carbocycles. The van der Waals surface area contributed by atoms with Crippen molar-refractivity contribution in [2.75, 3.05) is 18.5 Å². The molecule has 0 bridgehead atoms. The molecule has 1 aromatic heterocycles. The zero-order chi connectivity index (χ0) is 6.97. The van der Waals surface area contributed by atoms with Crippen molar-refractivity contribution in [3.63, 3.8) is 0 Å². The number of aryl methyl sites for hydroxylation is 1. The first kappa shape index (κ1) is 6.04. The Bertz CT molecular complexity index is 244. The minimum absolute atomic E-state index is 0.796. The monoisotopic (exact) mass is 155 g/mol. The van der Waals surface area contributed by atoms with Crippen molar-refractivity contribution < 1.29 is 4.74 Å². The molecule has 1 N–H and O–H groups in total. The molecule has 0 radical (unpaired) electrons. The van der Waals surface area contributed by atoms with E-state index in [-0.39, 0.29) is 0 Å². The molecule has 0 atom stereocenters. The van der Waals surface area contributed by atoms with Gasteiger partial charge in [0.25, 0.3) is 0 Å². The van der Waals surface area contributed by atoms with Crippen molar-refractivity contribution >= 4 is 16.3 Å². The Kier molecular flexibility index (Phi) is 1.31. The maximum Gasteiger partial charge on any atom is 0.156 e. The third-order valence-electron chi connectivity index (χ3n) is 1.55. The van der Waals surface area contributed by atoms with Gasteiger partial charge in [-0.2, -0.15) is 0 Å². The Labute approximate surface area is 63.8 Å². The van der Waals surface area contributed by atoms with Crippen LogP contribution in [0.1, 0.15) is 5.56 Å². The van der Waals surface area contributed by atoms with E-state index in [1.807, 2.05) is 0 Å². The first-order chi connectivity index (χ1) is 4.88. The molecule has 0 amide bonds. The van der Waals surface area contributed by atoms with E-state index in [4.69, 9.17) is 4.74 Å². The summed E-state index contributed by atoms with van der Waals surface area (Å²) in [5.74, 6) is 1.05. The van der Waals surface area contributed by atoms with Crippen molar-refractivity contribution in [1.29, 1.82) is 0 Å². The van der Waals surface area contributed by atoms with Gasteiger partial charge in [-0.25, -0.2) is 0 Å². The molecule has 0 saturated carbocycles. The highest BCUT2D eigenvalue weighted by atomic mass is 32.1. The van der Waals surface area contributed by atoms with Crippen LogP contribution in [0.3, 0.4) is 0 Å². The SMILES string of the molecule is Cc1csc2c1OCCN2. The second-order valence-corrected chi connectivity index (χ2v) is 3.23. The number of hydrogen-bond donors (Lipinski definition) is 1. The molecule has 0 fully saturated rings. The average molecular weight is 155 g/mol. The molecule has 0 aromatic carbocycles. The summed E-state index contributed by atoms with van der Waals surface area (Å²) in [6.07, 6.45) is 0. The normalized spacial score (nSPS) is 15.3. The Morgan fingerprint density at radius 1 is 1.70 bits per heavy atom. The summed E-state index contributed by atoms with van der Waals surface area (Å²) in [4.78, 5) is 0. The number of fused-ring (bicyclic) bond motifs is 1. The largest absolute Gasteiger partial charge is 0.488 e. The van der Waals surface area contributed by atoms with Crippen LogP contribution in [0.5, 0.6) is 5.75 Å². The Balaban J connectivity index is 2.45. The molecule has 10 heavy (non-hydrogen) atoms. The lowest BCUT2D eigenvalue weighted by atomic mass is 10.3. The van der Waals surface area contributed by atoms with E-state index in [2.05, 4.69) is 17.6 Å². The lowest BCUT2D eigenvalue weighted by Crippen LogP contribution is -2.16. The van der Waals surface area contributed by atoms with Gasteiger partial charge in [-0.1, -0.05) is 0 Å². The number of hydrogen-bond acceptors (Lipinski definition) is 3. The van der Waals surface area contributed by atoms with Crippen LogP contribution in [0, 0.1) is 6.92 Å². The van der Waals surface area contributed by atoms with Crippen LogP contribution in [0.2, 0.25) is 0 Å². The van der Waals surface area contributed by atoms with Crippen molar-refractivity contribution in [1.82, 2.24) is 0 Å². The van der Waals surface area contributed by atoms with Crippen molar-refractivity contribution in [3.05, 3.63) is 10.9 Å². The maximum atomic E-state index is 5.44. The smallest absolute Gasteiger partial charge is 0.156 e. The van der Waals surface area contributed by atoms with E-state index in [1.54, 1.807) is 11.3 Å². The summed E-state index contributed by atoms with van der Waals surface area (Å²) in [6.45, 7) is 3.81. The lowest BCUT2D eigenvalue weighted by molar-refractivity contribution is 0.323. The zero-order valence-electron chi connectivity index (χ0n) is 5.81. The molecule has 0 unspecified atom stereocenters. The summed E-state index contributed by atoms with van der Waals surface area (Å²) >= 11 is 1.72. The van der Waals surface area contributed by atoms with E-state index in [0.29, 0.717) is 0 Å². The topological polar surface area (TPSA) is 21.3 Å². The van der Waals surface area contributed by atoms with E-state index in [1.165, 1.54) is 10.6 Å². The highest BCUT2D eigenvalue weighted by molar-refractivity contribution is 7.14. The first-order valence-electron chi connectivity index (χ1n) is 3.32. The van der Waals surface area contributed by atoms with Crippen LogP contribution < -0.4 is 10.1 Å². The third kappa shape index (κ3) is 0.778. The standard InChI is InChI=1S/C7H9NOS/c1-5-4-10-7-6(5)9-3-2-8-7/h4,8H,2-3H2,1H3. The molecule has 1 aliphatic heterocycles. The van der Waals surface area contributed by atoms with Crippen LogP contribution in [-0.4, -0.2) is 13.2 Å². The molecule has 3 heteroatoms. The fourth-order valence-corrected chi connectivity index (χ4v) is 1.97. The number of anilines is 1. The number of nitrogens with one attached hydrogen (secondary N) is 1. The highest BCUT2D eigenvalue weighted by Gasteiger charge is 2.12. The van der Waals surface area contributed by atoms with E-state index < -0.39 is 0 Å². The minimum Gasteiger partial charge on any atom is -0.488 e. The minimum atomic E-state index is 0.796. The third-order valence-corrected chi connectivity index (χ3v) is 2.59. The van der Waals surface area contributed by atoms with Crippen LogP contribution in [0.15, 0.2) is 5.38 Å². The Hall–Kier alpha value is -0.700. The van der Waals surface area contributed by atoms with Gasteiger partial charge in [0, 0.05) is 12.1 Å². The summed E-state index contributed by atoms with van der Waals surface area (Å²) in [5, 5.41) is 6.58.